The van der Waals surface area contributed by atoms with Crippen LogP contribution in [-0.4, -0.2) is 55.2 Å². The van der Waals surface area contributed by atoms with Crippen molar-refractivity contribution in [1.82, 2.24) is 4.90 Å². The van der Waals surface area contributed by atoms with Crippen molar-refractivity contribution < 1.29 is 23.5 Å². The Hall–Kier alpha value is -1.08. The van der Waals surface area contributed by atoms with Crippen molar-refractivity contribution in [1.29, 1.82) is 0 Å². The third-order valence-corrected chi connectivity index (χ3v) is 15.9. The summed E-state index contributed by atoms with van der Waals surface area (Å²) >= 11 is 0. The Morgan fingerprint density at radius 3 is 2.10 bits per heavy atom. The summed E-state index contributed by atoms with van der Waals surface area (Å²) in [5, 5.41) is 0. The van der Waals surface area contributed by atoms with Crippen molar-refractivity contribution in [2.45, 2.75) is 187 Å². The van der Waals surface area contributed by atoms with Gasteiger partial charge in [-0.15, -0.1) is 0 Å². The molecule has 1 aliphatic carbocycles. The van der Waals surface area contributed by atoms with E-state index in [-0.39, 0.29) is 36.4 Å². The van der Waals surface area contributed by atoms with E-state index in [0.29, 0.717) is 22.5 Å². The Balaban J connectivity index is 2.36. The van der Waals surface area contributed by atoms with Crippen LogP contribution >= 0.6 is 0 Å². The number of ether oxygens (including phenoxy) is 2. The van der Waals surface area contributed by atoms with Crippen molar-refractivity contribution in [3.63, 3.8) is 0 Å². The average Bonchev–Trinajstić information content (AvgIpc) is 3.20. The number of amides is 1. The minimum absolute atomic E-state index is 0.130. The summed E-state index contributed by atoms with van der Waals surface area (Å²) in [5.41, 5.74) is 0.893. The smallest absolute Gasteiger partial charge is 0.411 e. The van der Waals surface area contributed by atoms with E-state index in [1.807, 2.05) is 25.7 Å². The third-order valence-electron chi connectivity index (χ3n) is 9.79. The number of rotatable bonds is 13. The molecule has 1 saturated heterocycles. The number of nitrogens with zero attached hydrogens (tertiary/aromatic N) is 1. The van der Waals surface area contributed by atoms with Crippen LogP contribution in [0, 0.1) is 5.92 Å². The van der Waals surface area contributed by atoms with E-state index in [0.717, 1.165) is 51.4 Å². The van der Waals surface area contributed by atoms with Crippen molar-refractivity contribution in [2.75, 3.05) is 6.61 Å². The van der Waals surface area contributed by atoms with E-state index in [1.165, 1.54) is 26.2 Å². The number of carbonyl (C=O) groups is 2. The van der Waals surface area contributed by atoms with Gasteiger partial charge in [-0.3, -0.25) is 9.69 Å². The van der Waals surface area contributed by atoms with Crippen LogP contribution in [0.1, 0.15) is 147 Å². The van der Waals surface area contributed by atoms with Crippen molar-refractivity contribution in [3.05, 3.63) is 0 Å². The Morgan fingerprint density at radius 2 is 1.57 bits per heavy atom. The molecule has 1 unspecified atom stereocenters. The molecule has 1 amide bonds. The molecule has 4 atom stereocenters. The minimum atomic E-state index is -1.99. The molecule has 0 N–H and O–H groups in total. The molecule has 2 rings (SSSR count). The molecule has 2 aliphatic rings. The maximum atomic E-state index is 13.8. The summed E-state index contributed by atoms with van der Waals surface area (Å²) in [6.45, 7) is 24.0. The molecule has 1 spiro atoms. The van der Waals surface area contributed by atoms with Crippen LogP contribution in [0.15, 0.2) is 0 Å². The quantitative estimate of drug-likeness (QED) is 0.160. The number of esters is 1. The fourth-order valence-electron chi connectivity index (χ4n) is 8.18. The molecule has 1 heterocycles. The molecule has 0 radical (unpaired) electrons. The van der Waals surface area contributed by atoms with Crippen LogP contribution in [0.2, 0.25) is 16.6 Å². The lowest BCUT2D eigenvalue weighted by Crippen LogP contribution is -2.58. The Bertz CT molecular complexity index is 785. The monoisotopic (exact) mass is 581 g/mol. The molecule has 0 aromatic rings. The summed E-state index contributed by atoms with van der Waals surface area (Å²) < 4.78 is 18.8. The number of unbranched alkanes of at least 4 members (excludes halogenated alkanes) is 1. The predicted molar refractivity (Wildman–Crippen MR) is 167 cm³/mol. The third kappa shape index (κ3) is 8.49. The van der Waals surface area contributed by atoms with Gasteiger partial charge < -0.3 is 13.9 Å². The Kier molecular flexibility index (Phi) is 13.1. The highest BCUT2D eigenvalue weighted by molar-refractivity contribution is 6.77. The number of likely N-dealkylation sites (tertiary alicyclic amines) is 1. The maximum absolute atomic E-state index is 13.8. The molecule has 0 bridgehead atoms. The molecular weight excluding hydrogens is 518 g/mol. The minimum Gasteiger partial charge on any atom is -0.464 e. The Morgan fingerprint density at radius 1 is 0.950 bits per heavy atom. The lowest BCUT2D eigenvalue weighted by Gasteiger charge is -2.49. The summed E-state index contributed by atoms with van der Waals surface area (Å²) in [6.07, 6.45) is 11.9. The number of hydrogen-bond donors (Lipinski definition) is 0. The second-order valence-corrected chi connectivity index (χ2v) is 20.1. The molecule has 1 saturated carbocycles. The van der Waals surface area contributed by atoms with Gasteiger partial charge >= 0.3 is 12.1 Å². The SMILES string of the molecule is CCCC[C@@H](CC[C@@H]1CCCC[C@]12CCC(COC(C)=O)N2C(=O)OC(C)(C)C)O[Si](C(C)C)(C(C)C)C(C)C. The van der Waals surface area contributed by atoms with E-state index < -0.39 is 13.9 Å². The summed E-state index contributed by atoms with van der Waals surface area (Å²) in [4.78, 5) is 27.5. The van der Waals surface area contributed by atoms with Gasteiger partial charge in [-0.05, 0) is 88.3 Å². The first-order chi connectivity index (χ1) is 18.6. The highest BCUT2D eigenvalue weighted by Crippen LogP contribution is 2.51. The van der Waals surface area contributed by atoms with Crippen LogP contribution in [0.5, 0.6) is 0 Å². The summed E-state index contributed by atoms with van der Waals surface area (Å²) in [5.74, 6) is 0.103. The molecule has 0 aromatic heterocycles. The van der Waals surface area contributed by atoms with Gasteiger partial charge in [0.15, 0.2) is 0 Å². The van der Waals surface area contributed by atoms with Gasteiger partial charge in [0.2, 0.25) is 8.32 Å². The van der Waals surface area contributed by atoms with Gasteiger partial charge in [0.05, 0.1) is 6.04 Å². The molecule has 40 heavy (non-hydrogen) atoms. The molecule has 2 fully saturated rings. The maximum Gasteiger partial charge on any atom is 0.411 e. The molecule has 6 nitrogen and oxygen atoms in total. The van der Waals surface area contributed by atoms with E-state index >= 15 is 0 Å². The zero-order chi connectivity index (χ0) is 30.3. The molecule has 0 aromatic carbocycles. The fraction of sp³-hybridized carbons (Fsp3) is 0.939. The van der Waals surface area contributed by atoms with E-state index in [1.54, 1.807) is 0 Å². The molecule has 1 aliphatic heterocycles. The van der Waals surface area contributed by atoms with Crippen molar-refractivity contribution in [3.8, 4) is 0 Å². The molecular formula is C33H63NO5Si. The number of hydrogen-bond acceptors (Lipinski definition) is 5. The second-order valence-electron chi connectivity index (χ2n) is 14.7. The first kappa shape index (κ1) is 35.1. The van der Waals surface area contributed by atoms with Gasteiger partial charge in [-0.2, -0.15) is 0 Å². The second kappa shape index (κ2) is 14.9. The fourth-order valence-corrected chi connectivity index (χ4v) is 13.8. The molecule has 234 valence electrons. The van der Waals surface area contributed by atoms with E-state index in [9.17, 15) is 9.59 Å². The van der Waals surface area contributed by atoms with Crippen molar-refractivity contribution in [2.24, 2.45) is 5.92 Å². The normalized spacial score (nSPS) is 24.8. The standard InChI is InChI=1S/C33H63NO5Si/c1-12-13-17-30(39-40(24(2)3,25(4)5)26(6)7)19-18-28-16-14-15-21-33(28)22-20-29(23-37-27(8)35)34(33)31(36)38-32(9,10)11/h24-26,28-30H,12-23H2,1-11H3/t28-,29?,30-,33-/m0/s1. The predicted octanol–water partition coefficient (Wildman–Crippen LogP) is 9.41. The van der Waals surface area contributed by atoms with Crippen LogP contribution in [0.4, 0.5) is 4.79 Å². The van der Waals surface area contributed by atoms with Crippen molar-refractivity contribution >= 4 is 20.4 Å². The average molecular weight is 582 g/mol. The van der Waals surface area contributed by atoms with Crippen LogP contribution < -0.4 is 0 Å². The Labute approximate surface area is 247 Å². The van der Waals surface area contributed by atoms with E-state index in [2.05, 4.69) is 48.5 Å². The van der Waals surface area contributed by atoms with Gasteiger partial charge in [-0.25, -0.2) is 4.79 Å². The highest BCUT2D eigenvalue weighted by Gasteiger charge is 2.55. The van der Waals surface area contributed by atoms with Gasteiger partial charge in [0, 0.05) is 18.6 Å². The highest BCUT2D eigenvalue weighted by atomic mass is 28.4. The van der Waals surface area contributed by atoms with Crippen LogP contribution in [0.3, 0.4) is 0 Å². The van der Waals surface area contributed by atoms with Crippen LogP contribution in [-0.2, 0) is 18.7 Å². The van der Waals surface area contributed by atoms with Gasteiger partial charge in [0.25, 0.3) is 0 Å². The van der Waals surface area contributed by atoms with Crippen LogP contribution in [0.25, 0.3) is 0 Å². The summed E-state index contributed by atoms with van der Waals surface area (Å²) in [6, 6.07) is -0.130. The topological polar surface area (TPSA) is 65.1 Å². The zero-order valence-corrected chi connectivity index (χ0v) is 28.9. The zero-order valence-electron chi connectivity index (χ0n) is 27.9. The summed E-state index contributed by atoms with van der Waals surface area (Å²) in [7, 11) is -1.99. The molecule has 7 heteroatoms. The first-order valence-corrected chi connectivity index (χ1v) is 18.6. The number of carbonyl (C=O) groups excluding carboxylic acids is 2. The first-order valence-electron chi connectivity index (χ1n) is 16.4. The lowest BCUT2D eigenvalue weighted by molar-refractivity contribution is -0.143. The largest absolute Gasteiger partial charge is 0.464 e. The lowest BCUT2D eigenvalue weighted by atomic mass is 9.69. The van der Waals surface area contributed by atoms with Gasteiger partial charge in [-0.1, -0.05) is 74.1 Å². The van der Waals surface area contributed by atoms with E-state index in [4.69, 9.17) is 13.9 Å². The van der Waals surface area contributed by atoms with Gasteiger partial charge in [0.1, 0.15) is 12.2 Å².